The number of aryl methyl sites for hydroxylation is 1. The third-order valence-corrected chi connectivity index (χ3v) is 3.28. The molecular formula is C14H18O. The fourth-order valence-corrected chi connectivity index (χ4v) is 2.36. The maximum Gasteiger partial charge on any atom is 0.0823 e. The van der Waals surface area contributed by atoms with E-state index in [1.165, 1.54) is 5.56 Å². The minimum absolute atomic E-state index is 0.272. The number of benzene rings is 1. The Morgan fingerprint density at radius 2 is 2.20 bits per heavy atom. The summed E-state index contributed by atoms with van der Waals surface area (Å²) in [5.74, 6) is 0.399. The molecule has 0 amide bonds. The maximum absolute atomic E-state index is 10.2. The molecule has 1 N–H and O–H groups in total. The minimum Gasteiger partial charge on any atom is -0.388 e. The predicted octanol–water partition coefficient (Wildman–Crippen LogP) is 3.25. The van der Waals surface area contributed by atoms with Crippen molar-refractivity contribution in [2.24, 2.45) is 5.92 Å². The van der Waals surface area contributed by atoms with E-state index < -0.39 is 0 Å². The van der Waals surface area contributed by atoms with Crippen molar-refractivity contribution in [2.75, 3.05) is 0 Å². The van der Waals surface area contributed by atoms with E-state index >= 15 is 0 Å². The van der Waals surface area contributed by atoms with Crippen molar-refractivity contribution in [2.45, 2.75) is 32.3 Å². The van der Waals surface area contributed by atoms with E-state index in [0.29, 0.717) is 5.92 Å². The summed E-state index contributed by atoms with van der Waals surface area (Å²) in [6.45, 7) is 2.03. The smallest absolute Gasteiger partial charge is 0.0823 e. The van der Waals surface area contributed by atoms with E-state index in [1.807, 2.05) is 13.0 Å². The van der Waals surface area contributed by atoms with Crippen LogP contribution in [-0.2, 0) is 6.42 Å². The zero-order valence-corrected chi connectivity index (χ0v) is 9.19. The molecule has 15 heavy (non-hydrogen) atoms. The lowest BCUT2D eigenvalue weighted by Gasteiger charge is -2.29. The van der Waals surface area contributed by atoms with Crippen molar-refractivity contribution in [3.8, 4) is 0 Å². The predicted molar refractivity (Wildman–Crippen MR) is 62.6 cm³/mol. The highest BCUT2D eigenvalue weighted by Gasteiger charge is 2.26. The van der Waals surface area contributed by atoms with Crippen LogP contribution in [0.3, 0.4) is 0 Å². The Balaban J connectivity index is 2.18. The van der Waals surface area contributed by atoms with Crippen molar-refractivity contribution < 1.29 is 5.11 Å². The maximum atomic E-state index is 10.2. The van der Waals surface area contributed by atoms with E-state index in [9.17, 15) is 5.11 Å². The van der Waals surface area contributed by atoms with Gasteiger partial charge in [-0.1, -0.05) is 36.4 Å². The molecule has 1 aliphatic carbocycles. The van der Waals surface area contributed by atoms with Crippen molar-refractivity contribution in [1.29, 1.82) is 0 Å². The summed E-state index contributed by atoms with van der Waals surface area (Å²) in [6, 6.07) is 8.25. The van der Waals surface area contributed by atoms with Crippen LogP contribution in [0.1, 0.15) is 37.0 Å². The summed E-state index contributed by atoms with van der Waals surface area (Å²) in [6.07, 6.45) is 7.14. The molecule has 1 nitrogen and oxygen atoms in total. The monoisotopic (exact) mass is 202 g/mol. The van der Waals surface area contributed by atoms with Crippen LogP contribution in [0.15, 0.2) is 36.4 Å². The van der Waals surface area contributed by atoms with Gasteiger partial charge >= 0.3 is 0 Å². The van der Waals surface area contributed by atoms with Gasteiger partial charge in [0.1, 0.15) is 0 Å². The van der Waals surface area contributed by atoms with E-state index in [4.69, 9.17) is 0 Å². The van der Waals surface area contributed by atoms with Gasteiger partial charge in [-0.3, -0.25) is 0 Å². The number of aliphatic hydroxyl groups excluding tert-OH is 1. The van der Waals surface area contributed by atoms with E-state index in [-0.39, 0.29) is 6.10 Å². The molecule has 0 saturated carbocycles. The number of aliphatic hydroxyl groups is 1. The van der Waals surface area contributed by atoms with Gasteiger partial charge in [0.05, 0.1) is 6.10 Å². The van der Waals surface area contributed by atoms with E-state index in [1.54, 1.807) is 0 Å². The number of hydrogen-bond donors (Lipinski definition) is 1. The Morgan fingerprint density at radius 1 is 1.40 bits per heavy atom. The molecular weight excluding hydrogens is 184 g/mol. The largest absolute Gasteiger partial charge is 0.388 e. The molecule has 1 aliphatic rings. The lowest BCUT2D eigenvalue weighted by atomic mass is 9.80. The Kier molecular flexibility index (Phi) is 3.22. The molecule has 1 aromatic rings. The molecule has 0 radical (unpaired) electrons. The normalized spacial score (nSPS) is 25.5. The van der Waals surface area contributed by atoms with Gasteiger partial charge in [-0.05, 0) is 43.2 Å². The number of rotatable bonds is 2. The van der Waals surface area contributed by atoms with Crippen LogP contribution in [0.2, 0.25) is 0 Å². The van der Waals surface area contributed by atoms with Gasteiger partial charge in [0.2, 0.25) is 0 Å². The fourth-order valence-electron chi connectivity index (χ4n) is 2.36. The van der Waals surface area contributed by atoms with Gasteiger partial charge in [0.25, 0.3) is 0 Å². The van der Waals surface area contributed by atoms with Gasteiger partial charge < -0.3 is 5.11 Å². The standard InChI is InChI=1S/C14H18O/c1-2-3-6-12-10-9-11-7-4-5-8-13(11)14(12)15/h2-5,7-8,12,14-15H,6,9-10H2,1H3. The summed E-state index contributed by atoms with van der Waals surface area (Å²) in [5.41, 5.74) is 2.46. The van der Waals surface area contributed by atoms with E-state index in [0.717, 1.165) is 24.8 Å². The van der Waals surface area contributed by atoms with Crippen LogP contribution in [0.25, 0.3) is 0 Å². The van der Waals surface area contributed by atoms with Crippen molar-refractivity contribution in [3.05, 3.63) is 47.5 Å². The second-order valence-electron chi connectivity index (χ2n) is 4.25. The first-order valence-corrected chi connectivity index (χ1v) is 5.70. The second-order valence-corrected chi connectivity index (χ2v) is 4.25. The van der Waals surface area contributed by atoms with Crippen molar-refractivity contribution in [1.82, 2.24) is 0 Å². The van der Waals surface area contributed by atoms with Gasteiger partial charge in [0, 0.05) is 0 Å². The molecule has 0 heterocycles. The molecule has 2 rings (SSSR count). The lowest BCUT2D eigenvalue weighted by molar-refractivity contribution is 0.0951. The van der Waals surface area contributed by atoms with Gasteiger partial charge in [-0.15, -0.1) is 0 Å². The van der Waals surface area contributed by atoms with E-state index in [2.05, 4.69) is 30.4 Å². The summed E-state index contributed by atoms with van der Waals surface area (Å²) < 4.78 is 0. The van der Waals surface area contributed by atoms with Crippen LogP contribution >= 0.6 is 0 Å². The third kappa shape index (κ3) is 2.13. The number of allylic oxidation sites excluding steroid dienone is 2. The number of fused-ring (bicyclic) bond motifs is 1. The van der Waals surface area contributed by atoms with Crippen LogP contribution in [0.4, 0.5) is 0 Å². The second kappa shape index (κ2) is 4.63. The van der Waals surface area contributed by atoms with Crippen LogP contribution in [-0.4, -0.2) is 5.11 Å². The quantitative estimate of drug-likeness (QED) is 0.730. The summed E-state index contributed by atoms with van der Waals surface area (Å²) in [5, 5.41) is 10.2. The SMILES string of the molecule is CC=CCC1CCc2ccccc2C1O. The molecule has 0 bridgehead atoms. The van der Waals surface area contributed by atoms with Gasteiger partial charge in [-0.2, -0.15) is 0 Å². The molecule has 0 spiro atoms. The summed E-state index contributed by atoms with van der Waals surface area (Å²) >= 11 is 0. The molecule has 1 aromatic carbocycles. The Hall–Kier alpha value is -1.08. The summed E-state index contributed by atoms with van der Waals surface area (Å²) in [7, 11) is 0. The molecule has 2 atom stereocenters. The molecule has 0 aliphatic heterocycles. The Morgan fingerprint density at radius 3 is 3.00 bits per heavy atom. The first kappa shape index (κ1) is 10.4. The topological polar surface area (TPSA) is 20.2 Å². The highest BCUT2D eigenvalue weighted by molar-refractivity contribution is 5.31. The Labute approximate surface area is 91.4 Å². The zero-order valence-electron chi connectivity index (χ0n) is 9.19. The Bertz CT molecular complexity index is 354. The first-order valence-electron chi connectivity index (χ1n) is 5.70. The zero-order chi connectivity index (χ0) is 10.7. The fraction of sp³-hybridized carbons (Fsp3) is 0.429. The highest BCUT2D eigenvalue weighted by Crippen LogP contribution is 2.36. The first-order chi connectivity index (χ1) is 7.33. The average Bonchev–Trinajstić information content (AvgIpc) is 2.29. The molecule has 80 valence electrons. The molecule has 1 heteroatoms. The van der Waals surface area contributed by atoms with Crippen LogP contribution in [0.5, 0.6) is 0 Å². The molecule has 0 fully saturated rings. The van der Waals surface area contributed by atoms with Gasteiger partial charge in [-0.25, -0.2) is 0 Å². The van der Waals surface area contributed by atoms with Gasteiger partial charge in [0.15, 0.2) is 0 Å². The van der Waals surface area contributed by atoms with Crippen molar-refractivity contribution in [3.63, 3.8) is 0 Å². The van der Waals surface area contributed by atoms with Crippen LogP contribution in [0, 0.1) is 5.92 Å². The summed E-state index contributed by atoms with van der Waals surface area (Å²) in [4.78, 5) is 0. The molecule has 2 unspecified atom stereocenters. The average molecular weight is 202 g/mol. The molecule has 0 saturated heterocycles. The number of hydrogen-bond acceptors (Lipinski definition) is 1. The highest BCUT2D eigenvalue weighted by atomic mass is 16.3. The third-order valence-electron chi connectivity index (χ3n) is 3.28. The van der Waals surface area contributed by atoms with Crippen molar-refractivity contribution >= 4 is 0 Å². The van der Waals surface area contributed by atoms with Crippen LogP contribution < -0.4 is 0 Å². The molecule has 0 aromatic heterocycles. The lowest BCUT2D eigenvalue weighted by Crippen LogP contribution is -2.19. The minimum atomic E-state index is -0.272.